The Morgan fingerprint density at radius 3 is 2.89 bits per heavy atom. The lowest BCUT2D eigenvalue weighted by Gasteiger charge is -2.15. The molecule has 1 N–H and O–H groups in total. The summed E-state index contributed by atoms with van der Waals surface area (Å²) in [7, 11) is 0. The van der Waals surface area contributed by atoms with E-state index in [-0.39, 0.29) is 0 Å². The highest BCUT2D eigenvalue weighted by Crippen LogP contribution is 2.31. The Morgan fingerprint density at radius 1 is 1.28 bits per heavy atom. The van der Waals surface area contributed by atoms with Crippen LogP contribution in [-0.4, -0.2) is 19.2 Å². The van der Waals surface area contributed by atoms with Crippen LogP contribution in [0, 0.1) is 5.92 Å². The van der Waals surface area contributed by atoms with Crippen LogP contribution in [0.25, 0.3) is 0 Å². The van der Waals surface area contributed by atoms with Crippen LogP contribution in [0.2, 0.25) is 5.02 Å². The largest absolute Gasteiger partial charge is 0.493 e. The van der Waals surface area contributed by atoms with Crippen molar-refractivity contribution in [2.45, 2.75) is 38.1 Å². The molecular formula is C15H20ClNO. The first-order chi connectivity index (χ1) is 8.81. The quantitative estimate of drug-likeness (QED) is 0.881. The second-order valence-corrected chi connectivity index (χ2v) is 5.94. The molecule has 3 heteroatoms. The highest BCUT2D eigenvalue weighted by molar-refractivity contribution is 6.30. The lowest BCUT2D eigenvalue weighted by molar-refractivity contribution is 0.296. The van der Waals surface area contributed by atoms with Crippen LogP contribution in [0.15, 0.2) is 18.2 Å². The van der Waals surface area contributed by atoms with E-state index in [9.17, 15) is 0 Å². The first-order valence-electron chi connectivity index (χ1n) is 6.96. The van der Waals surface area contributed by atoms with Gasteiger partial charge in [-0.3, -0.25) is 0 Å². The Balaban J connectivity index is 1.69. The van der Waals surface area contributed by atoms with Gasteiger partial charge < -0.3 is 10.1 Å². The zero-order chi connectivity index (χ0) is 12.4. The number of nitrogens with one attached hydrogen (secondary N) is 1. The van der Waals surface area contributed by atoms with Gasteiger partial charge in [0.05, 0.1) is 6.61 Å². The van der Waals surface area contributed by atoms with Gasteiger partial charge in [-0.2, -0.15) is 0 Å². The van der Waals surface area contributed by atoms with Crippen molar-refractivity contribution in [3.05, 3.63) is 28.8 Å². The summed E-state index contributed by atoms with van der Waals surface area (Å²) in [5.74, 6) is 1.82. The van der Waals surface area contributed by atoms with Gasteiger partial charge in [0.1, 0.15) is 5.75 Å². The van der Waals surface area contributed by atoms with Gasteiger partial charge >= 0.3 is 0 Å². The van der Waals surface area contributed by atoms with E-state index < -0.39 is 0 Å². The summed E-state index contributed by atoms with van der Waals surface area (Å²) >= 11 is 6.10. The third-order valence-electron chi connectivity index (χ3n) is 3.82. The van der Waals surface area contributed by atoms with E-state index in [4.69, 9.17) is 16.3 Å². The average molecular weight is 266 g/mol. The predicted molar refractivity (Wildman–Crippen MR) is 74.4 cm³/mol. The van der Waals surface area contributed by atoms with Crippen molar-refractivity contribution in [1.29, 1.82) is 0 Å². The smallest absolute Gasteiger partial charge is 0.122 e. The van der Waals surface area contributed by atoms with Gasteiger partial charge in [-0.25, -0.2) is 0 Å². The van der Waals surface area contributed by atoms with E-state index in [1.165, 1.54) is 31.2 Å². The van der Waals surface area contributed by atoms with Crippen molar-refractivity contribution in [1.82, 2.24) is 5.32 Å². The standard InChI is InChI=1S/C15H20ClNO/c16-13-5-6-15(18-10-11-3-4-11)12(8-13)9-14-2-1-7-17-14/h5-6,8,11,14,17H,1-4,7,9-10H2. The molecule has 1 saturated carbocycles. The molecular weight excluding hydrogens is 246 g/mol. The second-order valence-electron chi connectivity index (χ2n) is 5.50. The predicted octanol–water partition coefficient (Wildman–Crippen LogP) is 3.42. The van der Waals surface area contributed by atoms with E-state index in [1.807, 2.05) is 12.1 Å². The molecule has 0 radical (unpaired) electrons. The maximum atomic E-state index is 6.10. The molecule has 1 heterocycles. The molecule has 2 aliphatic rings. The SMILES string of the molecule is Clc1ccc(OCC2CC2)c(CC2CCCN2)c1. The minimum Gasteiger partial charge on any atom is -0.493 e. The molecule has 3 rings (SSSR count). The van der Waals surface area contributed by atoms with Crippen LogP contribution in [0.3, 0.4) is 0 Å². The van der Waals surface area contributed by atoms with Gasteiger partial charge in [-0.1, -0.05) is 11.6 Å². The van der Waals surface area contributed by atoms with Gasteiger partial charge in [0.25, 0.3) is 0 Å². The molecule has 0 bridgehead atoms. The summed E-state index contributed by atoms with van der Waals surface area (Å²) in [6.07, 6.45) is 6.22. The normalized spacial score (nSPS) is 23.3. The van der Waals surface area contributed by atoms with Crippen molar-refractivity contribution >= 4 is 11.6 Å². The first-order valence-corrected chi connectivity index (χ1v) is 7.33. The summed E-state index contributed by atoms with van der Waals surface area (Å²) in [5.41, 5.74) is 1.25. The Hall–Kier alpha value is -0.730. The van der Waals surface area contributed by atoms with Crippen LogP contribution in [0.1, 0.15) is 31.2 Å². The van der Waals surface area contributed by atoms with Crippen molar-refractivity contribution in [3.63, 3.8) is 0 Å². The summed E-state index contributed by atoms with van der Waals surface area (Å²) in [6, 6.07) is 6.60. The van der Waals surface area contributed by atoms with Crippen LogP contribution >= 0.6 is 11.6 Å². The summed E-state index contributed by atoms with van der Waals surface area (Å²) < 4.78 is 5.94. The average Bonchev–Trinajstić information content (AvgIpc) is 3.05. The molecule has 1 saturated heterocycles. The summed E-state index contributed by atoms with van der Waals surface area (Å²) in [4.78, 5) is 0. The van der Waals surface area contributed by atoms with Crippen LogP contribution < -0.4 is 10.1 Å². The third kappa shape index (κ3) is 3.18. The lowest BCUT2D eigenvalue weighted by atomic mass is 10.0. The zero-order valence-corrected chi connectivity index (χ0v) is 11.4. The number of hydrogen-bond donors (Lipinski definition) is 1. The molecule has 2 nitrogen and oxygen atoms in total. The summed E-state index contributed by atoms with van der Waals surface area (Å²) in [5, 5.41) is 4.34. The lowest BCUT2D eigenvalue weighted by Crippen LogP contribution is -2.24. The number of halogens is 1. The molecule has 1 aromatic rings. The summed E-state index contributed by atoms with van der Waals surface area (Å²) in [6.45, 7) is 2.01. The van der Waals surface area contributed by atoms with Crippen LogP contribution in [0.5, 0.6) is 5.75 Å². The van der Waals surface area contributed by atoms with Crippen molar-refractivity contribution in [3.8, 4) is 5.75 Å². The fraction of sp³-hybridized carbons (Fsp3) is 0.600. The minimum atomic E-state index is 0.590. The number of hydrogen-bond acceptors (Lipinski definition) is 2. The Morgan fingerprint density at radius 2 is 2.17 bits per heavy atom. The van der Waals surface area contributed by atoms with E-state index in [2.05, 4.69) is 11.4 Å². The van der Waals surface area contributed by atoms with Crippen LogP contribution in [0.4, 0.5) is 0 Å². The second kappa shape index (κ2) is 5.50. The van der Waals surface area contributed by atoms with E-state index in [0.29, 0.717) is 6.04 Å². The molecule has 0 spiro atoms. The highest BCUT2D eigenvalue weighted by atomic mass is 35.5. The van der Waals surface area contributed by atoms with E-state index in [1.54, 1.807) is 0 Å². The molecule has 1 aliphatic heterocycles. The van der Waals surface area contributed by atoms with Crippen molar-refractivity contribution in [2.24, 2.45) is 5.92 Å². The van der Waals surface area contributed by atoms with Gasteiger partial charge in [-0.15, -0.1) is 0 Å². The maximum absolute atomic E-state index is 6.10. The monoisotopic (exact) mass is 265 g/mol. The van der Waals surface area contributed by atoms with Gasteiger partial charge in [0.2, 0.25) is 0 Å². The van der Waals surface area contributed by atoms with Gasteiger partial charge in [0.15, 0.2) is 0 Å². The highest BCUT2D eigenvalue weighted by Gasteiger charge is 2.23. The molecule has 0 amide bonds. The Bertz CT molecular complexity index is 411. The van der Waals surface area contributed by atoms with Crippen molar-refractivity contribution < 1.29 is 4.74 Å². The number of rotatable bonds is 5. The zero-order valence-electron chi connectivity index (χ0n) is 10.6. The fourth-order valence-electron chi connectivity index (χ4n) is 2.54. The molecule has 1 atom stereocenters. The van der Waals surface area contributed by atoms with Crippen LogP contribution in [-0.2, 0) is 6.42 Å². The number of ether oxygens (including phenoxy) is 1. The molecule has 1 unspecified atom stereocenters. The molecule has 1 aromatic carbocycles. The molecule has 18 heavy (non-hydrogen) atoms. The Labute approximate surface area is 114 Å². The number of benzene rings is 1. The van der Waals surface area contributed by atoms with E-state index in [0.717, 1.165) is 36.3 Å². The van der Waals surface area contributed by atoms with Crippen molar-refractivity contribution in [2.75, 3.05) is 13.2 Å². The van der Waals surface area contributed by atoms with Gasteiger partial charge in [0, 0.05) is 11.1 Å². The minimum absolute atomic E-state index is 0.590. The molecule has 1 aliphatic carbocycles. The van der Waals surface area contributed by atoms with Gasteiger partial charge in [-0.05, 0) is 68.3 Å². The first kappa shape index (κ1) is 12.3. The molecule has 2 fully saturated rings. The topological polar surface area (TPSA) is 21.3 Å². The molecule has 0 aromatic heterocycles. The maximum Gasteiger partial charge on any atom is 0.122 e. The van der Waals surface area contributed by atoms with E-state index >= 15 is 0 Å². The fourth-order valence-corrected chi connectivity index (χ4v) is 2.73. The Kier molecular flexibility index (Phi) is 3.76. The molecule has 98 valence electrons. The third-order valence-corrected chi connectivity index (χ3v) is 4.06.